The standard InChI is InChI=1S/C11H7BrF3NO2S/c1-2-18-10(17)6-3-4-8(19-11(13,14)15)7(5-16)9(6)12/h3-4H,2H2,1H3. The van der Waals surface area contributed by atoms with Crippen molar-refractivity contribution in [2.75, 3.05) is 6.61 Å². The van der Waals surface area contributed by atoms with E-state index in [0.29, 0.717) is 0 Å². The number of nitrogens with zero attached hydrogens (tertiary/aromatic N) is 1. The SMILES string of the molecule is CCOC(=O)c1ccc(SC(F)(F)F)c(C#N)c1Br. The van der Waals surface area contributed by atoms with Gasteiger partial charge in [0.1, 0.15) is 6.07 Å². The van der Waals surface area contributed by atoms with Crippen molar-refractivity contribution >= 4 is 33.7 Å². The highest BCUT2D eigenvalue weighted by molar-refractivity contribution is 9.10. The summed E-state index contributed by atoms with van der Waals surface area (Å²) in [6.45, 7) is 1.73. The fourth-order valence-corrected chi connectivity index (χ4v) is 2.60. The van der Waals surface area contributed by atoms with Crippen LogP contribution in [0.1, 0.15) is 22.8 Å². The molecule has 3 nitrogen and oxygen atoms in total. The molecule has 0 fully saturated rings. The molecule has 0 aromatic heterocycles. The molecule has 0 atom stereocenters. The van der Waals surface area contributed by atoms with E-state index in [-0.39, 0.29) is 27.1 Å². The molecule has 102 valence electrons. The molecule has 0 amide bonds. The number of carbonyl (C=O) groups excluding carboxylic acids is 1. The van der Waals surface area contributed by atoms with Gasteiger partial charge in [-0.15, -0.1) is 0 Å². The number of hydrogen-bond acceptors (Lipinski definition) is 4. The molecular formula is C11H7BrF3NO2S. The van der Waals surface area contributed by atoms with Crippen LogP contribution in [-0.4, -0.2) is 18.1 Å². The second-order valence-electron chi connectivity index (χ2n) is 3.18. The fourth-order valence-electron chi connectivity index (χ4n) is 1.24. The molecule has 0 radical (unpaired) electrons. The van der Waals surface area contributed by atoms with Crippen LogP contribution in [0.15, 0.2) is 21.5 Å². The molecule has 1 rings (SSSR count). The van der Waals surface area contributed by atoms with Crippen molar-refractivity contribution in [3.8, 4) is 6.07 Å². The zero-order chi connectivity index (χ0) is 14.6. The number of benzene rings is 1. The summed E-state index contributed by atoms with van der Waals surface area (Å²) in [5, 5.41) is 8.92. The van der Waals surface area contributed by atoms with Crippen LogP contribution in [0, 0.1) is 11.3 Å². The van der Waals surface area contributed by atoms with E-state index < -0.39 is 23.2 Å². The van der Waals surface area contributed by atoms with Crippen molar-refractivity contribution in [1.29, 1.82) is 5.26 Å². The Morgan fingerprint density at radius 1 is 1.53 bits per heavy atom. The number of ether oxygens (including phenoxy) is 1. The number of halogens is 4. The van der Waals surface area contributed by atoms with Gasteiger partial charge in [0.2, 0.25) is 0 Å². The molecule has 0 N–H and O–H groups in total. The van der Waals surface area contributed by atoms with Crippen LogP contribution in [-0.2, 0) is 4.74 Å². The summed E-state index contributed by atoms with van der Waals surface area (Å²) in [6, 6.07) is 3.92. The first-order valence-electron chi connectivity index (χ1n) is 4.95. The average Bonchev–Trinajstić information content (AvgIpc) is 2.27. The van der Waals surface area contributed by atoms with Crippen LogP contribution >= 0.6 is 27.7 Å². The van der Waals surface area contributed by atoms with Gasteiger partial charge in [-0.2, -0.15) is 18.4 Å². The Kier molecular flexibility index (Phi) is 5.26. The van der Waals surface area contributed by atoms with E-state index in [0.717, 1.165) is 6.07 Å². The van der Waals surface area contributed by atoms with Gasteiger partial charge in [-0.3, -0.25) is 0 Å². The highest BCUT2D eigenvalue weighted by atomic mass is 79.9. The lowest BCUT2D eigenvalue weighted by Crippen LogP contribution is -2.07. The molecular weight excluding hydrogens is 347 g/mol. The van der Waals surface area contributed by atoms with E-state index in [1.54, 1.807) is 13.0 Å². The zero-order valence-corrected chi connectivity index (χ0v) is 11.9. The molecule has 19 heavy (non-hydrogen) atoms. The summed E-state index contributed by atoms with van der Waals surface area (Å²) in [4.78, 5) is 11.3. The van der Waals surface area contributed by atoms with E-state index in [1.807, 2.05) is 0 Å². The summed E-state index contributed by atoms with van der Waals surface area (Å²) >= 11 is 2.56. The molecule has 1 aromatic carbocycles. The predicted molar refractivity (Wildman–Crippen MR) is 66.7 cm³/mol. The van der Waals surface area contributed by atoms with Crippen LogP contribution < -0.4 is 0 Å². The maximum Gasteiger partial charge on any atom is 0.446 e. The Morgan fingerprint density at radius 2 is 2.16 bits per heavy atom. The quantitative estimate of drug-likeness (QED) is 0.606. The number of rotatable bonds is 3. The van der Waals surface area contributed by atoms with E-state index >= 15 is 0 Å². The Balaban J connectivity index is 3.24. The third-order valence-corrected chi connectivity index (χ3v) is 3.55. The first-order chi connectivity index (χ1) is 8.80. The van der Waals surface area contributed by atoms with Crippen molar-refractivity contribution in [2.24, 2.45) is 0 Å². The predicted octanol–water partition coefficient (Wildman–Crippen LogP) is 4.11. The van der Waals surface area contributed by atoms with Gasteiger partial charge in [-0.25, -0.2) is 4.79 Å². The average molecular weight is 354 g/mol. The molecule has 0 aliphatic carbocycles. The Morgan fingerprint density at radius 3 is 2.63 bits per heavy atom. The lowest BCUT2D eigenvalue weighted by molar-refractivity contribution is -0.0328. The first kappa shape index (κ1) is 15.9. The van der Waals surface area contributed by atoms with E-state index in [2.05, 4.69) is 15.9 Å². The first-order valence-corrected chi connectivity index (χ1v) is 6.56. The molecule has 0 unspecified atom stereocenters. The second kappa shape index (κ2) is 6.30. The Bertz CT molecular complexity index is 540. The minimum absolute atomic E-state index is 0.00250. The number of thioether (sulfide) groups is 1. The summed E-state index contributed by atoms with van der Waals surface area (Å²) in [5.74, 6) is -0.700. The van der Waals surface area contributed by atoms with Gasteiger partial charge in [-0.1, -0.05) is 0 Å². The second-order valence-corrected chi connectivity index (χ2v) is 5.08. The van der Waals surface area contributed by atoms with Crippen LogP contribution in [0.4, 0.5) is 13.2 Å². The maximum atomic E-state index is 12.3. The number of carbonyl (C=O) groups is 1. The normalized spacial score (nSPS) is 10.9. The smallest absolute Gasteiger partial charge is 0.446 e. The number of hydrogen-bond donors (Lipinski definition) is 0. The molecule has 0 aliphatic rings. The van der Waals surface area contributed by atoms with Crippen molar-refractivity contribution in [2.45, 2.75) is 17.3 Å². The lowest BCUT2D eigenvalue weighted by atomic mass is 10.1. The molecule has 0 spiro atoms. The molecule has 0 heterocycles. The topological polar surface area (TPSA) is 50.1 Å². The summed E-state index contributed by atoms with van der Waals surface area (Å²) in [7, 11) is 0. The largest absolute Gasteiger partial charge is 0.462 e. The summed E-state index contributed by atoms with van der Waals surface area (Å²) in [6.07, 6.45) is 0. The zero-order valence-electron chi connectivity index (χ0n) is 9.55. The highest BCUT2D eigenvalue weighted by Crippen LogP contribution is 2.41. The third-order valence-electron chi connectivity index (χ3n) is 1.94. The molecule has 0 bridgehead atoms. The highest BCUT2D eigenvalue weighted by Gasteiger charge is 2.31. The summed E-state index contributed by atoms with van der Waals surface area (Å²) < 4.78 is 41.7. The van der Waals surface area contributed by atoms with Gasteiger partial charge in [0.05, 0.1) is 22.2 Å². The van der Waals surface area contributed by atoms with Gasteiger partial charge < -0.3 is 4.74 Å². The minimum atomic E-state index is -4.50. The van der Waals surface area contributed by atoms with Gasteiger partial charge in [-0.05, 0) is 46.7 Å². The van der Waals surface area contributed by atoms with Crippen LogP contribution in [0.5, 0.6) is 0 Å². The van der Waals surface area contributed by atoms with Crippen LogP contribution in [0.3, 0.4) is 0 Å². The van der Waals surface area contributed by atoms with Gasteiger partial charge in [0.15, 0.2) is 0 Å². The maximum absolute atomic E-state index is 12.3. The molecule has 8 heteroatoms. The monoisotopic (exact) mass is 353 g/mol. The number of nitriles is 1. The van der Waals surface area contributed by atoms with Crippen LogP contribution in [0.2, 0.25) is 0 Å². The summed E-state index contributed by atoms with van der Waals surface area (Å²) in [5.41, 5.74) is -4.73. The molecule has 0 saturated heterocycles. The molecule has 0 aliphatic heterocycles. The van der Waals surface area contributed by atoms with E-state index in [1.165, 1.54) is 6.07 Å². The van der Waals surface area contributed by atoms with Gasteiger partial charge in [0, 0.05) is 4.90 Å². The molecule has 0 saturated carbocycles. The van der Waals surface area contributed by atoms with E-state index in [9.17, 15) is 18.0 Å². The van der Waals surface area contributed by atoms with Crippen molar-refractivity contribution in [1.82, 2.24) is 0 Å². The van der Waals surface area contributed by atoms with Crippen molar-refractivity contribution in [3.63, 3.8) is 0 Å². The number of alkyl halides is 3. The Hall–Kier alpha value is -1.20. The minimum Gasteiger partial charge on any atom is -0.462 e. The van der Waals surface area contributed by atoms with Gasteiger partial charge in [0.25, 0.3) is 0 Å². The lowest BCUT2D eigenvalue weighted by Gasteiger charge is -2.11. The fraction of sp³-hybridized carbons (Fsp3) is 0.273. The van der Waals surface area contributed by atoms with E-state index in [4.69, 9.17) is 10.00 Å². The van der Waals surface area contributed by atoms with Crippen molar-refractivity contribution in [3.05, 3.63) is 27.7 Å². The van der Waals surface area contributed by atoms with Crippen LogP contribution in [0.25, 0.3) is 0 Å². The third kappa shape index (κ3) is 4.14. The number of esters is 1. The van der Waals surface area contributed by atoms with Crippen molar-refractivity contribution < 1.29 is 22.7 Å². The van der Waals surface area contributed by atoms with Gasteiger partial charge >= 0.3 is 11.5 Å². The Labute approximate surface area is 119 Å². The molecule has 1 aromatic rings.